The third kappa shape index (κ3) is 11.5. The van der Waals surface area contributed by atoms with E-state index >= 15 is 0 Å². The van der Waals surface area contributed by atoms with Crippen LogP contribution in [0.4, 0.5) is 4.39 Å². The van der Waals surface area contributed by atoms with E-state index in [0.717, 1.165) is 38.0 Å². The van der Waals surface area contributed by atoms with Crippen molar-refractivity contribution in [3.8, 4) is 0 Å². The molecule has 2 N–H and O–H groups in total. The molecule has 0 heterocycles. The molecule has 0 aromatic heterocycles. The van der Waals surface area contributed by atoms with Crippen LogP contribution in [0.3, 0.4) is 0 Å². The monoisotopic (exact) mass is 412 g/mol. The van der Waals surface area contributed by atoms with Crippen LogP contribution in [-0.4, -0.2) is 22.3 Å². The van der Waals surface area contributed by atoms with Crippen molar-refractivity contribution >= 4 is 23.6 Å². The molecule has 1 atom stereocenters. The van der Waals surface area contributed by atoms with Gasteiger partial charge in [0.25, 0.3) is 0 Å². The molecule has 1 unspecified atom stereocenters. The Bertz CT molecular complexity index is 598. The van der Waals surface area contributed by atoms with Gasteiger partial charge in [-0.1, -0.05) is 75.6 Å². The van der Waals surface area contributed by atoms with E-state index in [9.17, 15) is 14.3 Å². The molecule has 2 rings (SSSR count). The van der Waals surface area contributed by atoms with E-state index in [-0.39, 0.29) is 5.82 Å². The number of carbonyl (C=O) groups is 1. The third-order valence-corrected chi connectivity index (χ3v) is 5.28. The van der Waals surface area contributed by atoms with Crippen molar-refractivity contribution in [1.29, 1.82) is 0 Å². The number of aliphatic carboxylic acids is 1. The van der Waals surface area contributed by atoms with E-state index in [1.54, 1.807) is 18.2 Å². The summed E-state index contributed by atoms with van der Waals surface area (Å²) in [6.07, 6.45) is 14.4. The highest BCUT2D eigenvalue weighted by atomic mass is 35.5. The zero-order chi connectivity index (χ0) is 20.8. The minimum absolute atomic E-state index is 0.316. The summed E-state index contributed by atoms with van der Waals surface area (Å²) in [7, 11) is 0. The lowest BCUT2D eigenvalue weighted by Gasteiger charge is -2.10. The third-order valence-electron chi connectivity index (χ3n) is 5.05. The smallest absolute Gasteiger partial charge is 0.303 e. The fourth-order valence-electron chi connectivity index (χ4n) is 3.36. The van der Waals surface area contributed by atoms with Gasteiger partial charge in [-0.3, -0.25) is 4.79 Å². The fourth-order valence-corrected chi connectivity index (χ4v) is 3.54. The van der Waals surface area contributed by atoms with Gasteiger partial charge in [-0.2, -0.15) is 0 Å². The summed E-state index contributed by atoms with van der Waals surface area (Å²) >= 11 is 5.82. The topological polar surface area (TPSA) is 57.5 Å². The molecule has 0 amide bonds. The molecule has 1 aromatic rings. The van der Waals surface area contributed by atoms with Gasteiger partial charge >= 0.3 is 5.97 Å². The molecule has 1 aromatic carbocycles. The Hall–Kier alpha value is -1.39. The molecular formula is C23H34ClFO3. The highest BCUT2D eigenvalue weighted by Crippen LogP contribution is 2.29. The van der Waals surface area contributed by atoms with Gasteiger partial charge in [-0.05, 0) is 43.4 Å². The highest BCUT2D eigenvalue weighted by Gasteiger charge is 2.15. The van der Waals surface area contributed by atoms with Crippen LogP contribution in [0.1, 0.15) is 83.1 Å². The molecule has 3 nitrogen and oxygen atoms in total. The lowest BCUT2D eigenvalue weighted by atomic mass is 9.99. The van der Waals surface area contributed by atoms with Gasteiger partial charge in [0.1, 0.15) is 5.82 Å². The molecule has 1 aliphatic carbocycles. The second-order valence-electron chi connectivity index (χ2n) is 7.52. The molecule has 0 saturated heterocycles. The normalized spacial score (nSPS) is 15.4. The SMILES string of the molecule is CCCCCCC(=O)O.OC(/C=C/c1cc(Cl)ccc1F)CCC1CCCC1. The van der Waals surface area contributed by atoms with Gasteiger partial charge in [0.15, 0.2) is 0 Å². The van der Waals surface area contributed by atoms with Crippen molar-refractivity contribution in [2.45, 2.75) is 83.7 Å². The summed E-state index contributed by atoms with van der Waals surface area (Å²) in [6, 6.07) is 4.43. The van der Waals surface area contributed by atoms with Crippen LogP contribution < -0.4 is 0 Å². The molecule has 158 valence electrons. The van der Waals surface area contributed by atoms with E-state index in [0.29, 0.717) is 17.0 Å². The van der Waals surface area contributed by atoms with Crippen molar-refractivity contribution in [2.24, 2.45) is 5.92 Å². The van der Waals surface area contributed by atoms with Crippen LogP contribution in [0.5, 0.6) is 0 Å². The lowest BCUT2D eigenvalue weighted by molar-refractivity contribution is -0.137. The van der Waals surface area contributed by atoms with Gasteiger partial charge in [0.05, 0.1) is 6.10 Å². The maximum atomic E-state index is 13.5. The largest absolute Gasteiger partial charge is 0.481 e. The minimum Gasteiger partial charge on any atom is -0.481 e. The number of hydrogen-bond acceptors (Lipinski definition) is 2. The number of benzene rings is 1. The summed E-state index contributed by atoms with van der Waals surface area (Å²) in [5, 5.41) is 18.6. The van der Waals surface area contributed by atoms with Gasteiger partial charge in [-0.25, -0.2) is 4.39 Å². The predicted molar refractivity (Wildman–Crippen MR) is 114 cm³/mol. The first-order valence-corrected chi connectivity index (χ1v) is 10.8. The molecule has 1 fully saturated rings. The maximum Gasteiger partial charge on any atom is 0.303 e. The van der Waals surface area contributed by atoms with Crippen molar-refractivity contribution in [2.75, 3.05) is 0 Å². The van der Waals surface area contributed by atoms with Crippen LogP contribution >= 0.6 is 11.6 Å². The molecular weight excluding hydrogens is 379 g/mol. The van der Waals surface area contributed by atoms with Crippen LogP contribution in [0, 0.1) is 11.7 Å². The Morgan fingerprint density at radius 1 is 1.29 bits per heavy atom. The summed E-state index contributed by atoms with van der Waals surface area (Å²) in [4.78, 5) is 9.96. The fraction of sp³-hybridized carbons (Fsp3) is 0.609. The number of carboxylic acid groups (broad SMARTS) is 1. The quantitative estimate of drug-likeness (QED) is 0.412. The van der Waals surface area contributed by atoms with Crippen LogP contribution in [0.25, 0.3) is 6.08 Å². The molecule has 28 heavy (non-hydrogen) atoms. The van der Waals surface area contributed by atoms with Crippen LogP contribution in [0.15, 0.2) is 24.3 Å². The van der Waals surface area contributed by atoms with Crippen LogP contribution in [-0.2, 0) is 4.79 Å². The molecule has 5 heteroatoms. The summed E-state index contributed by atoms with van der Waals surface area (Å²) < 4.78 is 13.5. The number of rotatable bonds is 10. The summed E-state index contributed by atoms with van der Waals surface area (Å²) in [6.45, 7) is 2.11. The number of unbranched alkanes of at least 4 members (excludes halogenated alkanes) is 3. The predicted octanol–water partition coefficient (Wildman–Crippen LogP) is 6.87. The summed E-state index contributed by atoms with van der Waals surface area (Å²) in [5.74, 6) is -0.222. The number of aliphatic hydroxyl groups excluding tert-OH is 1. The number of halogens is 2. The maximum absolute atomic E-state index is 13.5. The first kappa shape index (κ1) is 24.6. The van der Waals surface area contributed by atoms with E-state index in [4.69, 9.17) is 16.7 Å². The first-order valence-electron chi connectivity index (χ1n) is 10.5. The van der Waals surface area contributed by atoms with Crippen LogP contribution in [0.2, 0.25) is 5.02 Å². The second-order valence-corrected chi connectivity index (χ2v) is 7.96. The lowest BCUT2D eigenvalue weighted by Crippen LogP contribution is -2.05. The average Bonchev–Trinajstić information content (AvgIpc) is 3.18. The minimum atomic E-state index is -0.675. The first-order chi connectivity index (χ1) is 13.4. The number of aliphatic hydroxyl groups is 1. The molecule has 0 bridgehead atoms. The van der Waals surface area contributed by atoms with Gasteiger partial charge in [0.2, 0.25) is 0 Å². The van der Waals surface area contributed by atoms with E-state index < -0.39 is 12.1 Å². The standard InChI is InChI=1S/C16H20ClFO.C7H14O2/c17-14-7-10-16(18)13(11-14)6-9-15(19)8-5-12-3-1-2-4-12;1-2-3-4-5-6-7(8)9/h6-7,9-12,15,19H,1-5,8H2;2-6H2,1H3,(H,8,9)/b9-6+;. The van der Waals surface area contributed by atoms with Crippen molar-refractivity contribution in [3.63, 3.8) is 0 Å². The molecule has 0 radical (unpaired) electrons. The number of carboxylic acids is 1. The van der Waals surface area contributed by atoms with Crippen molar-refractivity contribution in [1.82, 2.24) is 0 Å². The summed E-state index contributed by atoms with van der Waals surface area (Å²) in [5.41, 5.74) is 0.424. The van der Waals surface area contributed by atoms with Gasteiger partial charge < -0.3 is 10.2 Å². The van der Waals surface area contributed by atoms with E-state index in [1.807, 2.05) is 0 Å². The van der Waals surface area contributed by atoms with Crippen molar-refractivity contribution in [3.05, 3.63) is 40.7 Å². The van der Waals surface area contributed by atoms with Gasteiger partial charge in [0, 0.05) is 17.0 Å². The Labute approximate surface area is 173 Å². The highest BCUT2D eigenvalue weighted by molar-refractivity contribution is 6.30. The average molecular weight is 413 g/mol. The zero-order valence-electron chi connectivity index (χ0n) is 16.9. The van der Waals surface area contributed by atoms with Gasteiger partial charge in [-0.15, -0.1) is 0 Å². The number of hydrogen-bond donors (Lipinski definition) is 2. The zero-order valence-corrected chi connectivity index (χ0v) is 17.6. The Morgan fingerprint density at radius 2 is 2.00 bits per heavy atom. The molecule has 0 spiro atoms. The Morgan fingerprint density at radius 3 is 2.64 bits per heavy atom. The Balaban J connectivity index is 0.000000370. The van der Waals surface area contributed by atoms with E-state index in [2.05, 4.69) is 6.92 Å². The Kier molecular flexibility index (Phi) is 12.8. The molecule has 0 aliphatic heterocycles. The van der Waals surface area contributed by atoms with E-state index in [1.165, 1.54) is 44.2 Å². The van der Waals surface area contributed by atoms with Crippen molar-refractivity contribution < 1.29 is 19.4 Å². The molecule has 1 saturated carbocycles. The second kappa shape index (κ2) is 14.6. The molecule has 1 aliphatic rings.